The van der Waals surface area contributed by atoms with Gasteiger partial charge in [-0.3, -0.25) is 0 Å². The van der Waals surface area contributed by atoms with Gasteiger partial charge in [-0.05, 0) is 37.5 Å². The maximum Gasteiger partial charge on any atom is 0.342 e. The lowest BCUT2D eigenvalue weighted by Gasteiger charge is -1.90. The number of rotatable bonds is 1. The van der Waals surface area contributed by atoms with E-state index in [0.29, 0.717) is 0 Å². The Kier molecular flexibility index (Phi) is 3.92. The van der Waals surface area contributed by atoms with Crippen molar-refractivity contribution in [2.75, 3.05) is 0 Å². The standard InChI is InChI=1S/C4H3I3O2/c8-4(9)3-1-5-2-6-7-3/h1-2H,(H,8,9). The second-order valence-electron chi connectivity index (χ2n) is 1.12. The van der Waals surface area contributed by atoms with Crippen LogP contribution in [0.5, 0.6) is 0 Å². The molecule has 0 radical (unpaired) electrons. The van der Waals surface area contributed by atoms with Crippen molar-refractivity contribution in [2.45, 2.75) is 0 Å². The Morgan fingerprint density at radius 2 is 2.44 bits per heavy atom. The van der Waals surface area contributed by atoms with E-state index in [1.165, 1.54) is 0 Å². The molecule has 1 N–H and O–H groups in total. The van der Waals surface area contributed by atoms with E-state index in [1.54, 1.807) is 0 Å². The molecule has 1 aliphatic rings. The van der Waals surface area contributed by atoms with E-state index in [0.717, 1.165) is 3.51 Å². The monoisotopic (exact) mass is 464 g/mol. The quantitative estimate of drug-likeness (QED) is 0.601. The van der Waals surface area contributed by atoms with Gasteiger partial charge in [-0.15, -0.1) is 0 Å². The normalized spacial score (nSPS) is 18.0. The minimum atomic E-state index is -0.657. The fourth-order valence-electron chi connectivity index (χ4n) is 0.250. The number of carboxylic acid groups (broad SMARTS) is 1. The highest BCUT2D eigenvalue weighted by atomic mass is 128. The molecule has 1 rings (SSSR count). The summed E-state index contributed by atoms with van der Waals surface area (Å²) in [6.07, 6.45) is 0. The van der Waals surface area contributed by atoms with Gasteiger partial charge in [0.05, 0.1) is 0 Å². The zero-order valence-corrected chi connectivity index (χ0v) is 10.6. The first-order chi connectivity index (χ1) is 4.30. The van der Waals surface area contributed by atoms with E-state index >= 15 is 0 Å². The summed E-state index contributed by atoms with van der Waals surface area (Å²) in [7, 11) is 0. The lowest BCUT2D eigenvalue weighted by atomic mass is 10.5. The smallest absolute Gasteiger partial charge is 0.342 e. The number of hydrogen-bond donors (Lipinski definition) is 1. The van der Waals surface area contributed by atoms with Gasteiger partial charge in [-0.1, -0.05) is 20.7 Å². The Balaban J connectivity index is 2.84. The van der Waals surface area contributed by atoms with Crippen LogP contribution in [0.2, 0.25) is 0 Å². The largest absolute Gasteiger partial charge is 0.477 e. The predicted octanol–water partition coefficient (Wildman–Crippen LogP) is 1.65. The summed E-state index contributed by atoms with van der Waals surface area (Å²) in [5.74, 6) is -0.657. The van der Waals surface area contributed by atoms with Gasteiger partial charge < -0.3 is 5.11 Å². The summed E-state index contributed by atoms with van der Waals surface area (Å²) >= 11 is 0.227. The van der Waals surface area contributed by atoms with Crippen LogP contribution in [-0.4, -0.2) is 20.6 Å². The first-order valence-electron chi connectivity index (χ1n) is 1.95. The minimum absolute atomic E-state index is 0.0480. The number of carboxylic acids is 1. The molecular formula is C4H3I3O2. The summed E-state index contributed by atoms with van der Waals surface area (Å²) < 4.78 is 5.09. The Hall–Kier alpha value is 1.27. The van der Waals surface area contributed by atoms with E-state index in [1.807, 2.05) is 4.01 Å². The molecule has 0 amide bonds. The third-order valence-corrected chi connectivity index (χ3v) is 20.2. The maximum absolute atomic E-state index is 10.3. The molecule has 0 aromatic rings. The third-order valence-electron chi connectivity index (χ3n) is 0.560. The van der Waals surface area contributed by atoms with Gasteiger partial charge in [0.1, 0.15) is 3.51 Å². The average molecular weight is 464 g/mol. The van der Waals surface area contributed by atoms with Crippen molar-refractivity contribution >= 4 is 69.8 Å². The second kappa shape index (κ2) is 4.21. The van der Waals surface area contributed by atoms with Crippen LogP contribution in [0.1, 0.15) is 0 Å². The molecular weight excluding hydrogens is 461 g/mol. The topological polar surface area (TPSA) is 37.3 Å². The molecule has 0 saturated carbocycles. The number of aliphatic carboxylic acids is 1. The van der Waals surface area contributed by atoms with Crippen molar-refractivity contribution < 1.29 is 9.90 Å². The van der Waals surface area contributed by atoms with Gasteiger partial charge in [-0.2, -0.15) is 0 Å². The summed E-state index contributed by atoms with van der Waals surface area (Å²) in [4.78, 5) is 10.3. The van der Waals surface area contributed by atoms with Crippen LogP contribution < -0.4 is 0 Å². The molecule has 1 aliphatic heterocycles. The highest BCUT2D eigenvalue weighted by Crippen LogP contribution is 2.25. The van der Waals surface area contributed by atoms with E-state index in [4.69, 9.17) is 5.11 Å². The average Bonchev–Trinajstić information content (AvgIpc) is 1.90. The van der Waals surface area contributed by atoms with Crippen LogP contribution in [0, 0.1) is 0 Å². The predicted molar refractivity (Wildman–Crippen MR) is 66.8 cm³/mol. The molecule has 0 saturated heterocycles. The molecule has 0 fully saturated rings. The first kappa shape index (κ1) is 8.37. The van der Waals surface area contributed by atoms with Crippen molar-refractivity contribution in [3.05, 3.63) is 0 Å². The lowest BCUT2D eigenvalue weighted by molar-refractivity contribution is -0.128. The second-order valence-corrected chi connectivity index (χ2v) is 14.0. The minimum Gasteiger partial charge on any atom is -0.477 e. The number of halogens is 3. The zero-order valence-electron chi connectivity index (χ0n) is 4.14. The van der Waals surface area contributed by atoms with Crippen LogP contribution in [0.25, 0.3) is 0 Å². The Bertz CT molecular complexity index is 216. The summed E-state index contributed by atoms with van der Waals surface area (Å²) in [6, 6.07) is 0. The maximum atomic E-state index is 10.3. The van der Waals surface area contributed by atoms with Gasteiger partial charge in [-0.25, -0.2) is 4.79 Å². The zero-order chi connectivity index (χ0) is 6.69. The van der Waals surface area contributed by atoms with Crippen molar-refractivity contribution in [3.8, 4) is 0 Å². The van der Waals surface area contributed by atoms with Gasteiger partial charge in [0.25, 0.3) is 0 Å². The highest BCUT2D eigenvalue weighted by Gasteiger charge is 2.03. The van der Waals surface area contributed by atoms with Crippen LogP contribution in [0.3, 0.4) is 0 Å². The van der Waals surface area contributed by atoms with Gasteiger partial charge >= 0.3 is 5.97 Å². The van der Waals surface area contributed by atoms with Crippen LogP contribution in [0.4, 0.5) is 0 Å². The van der Waals surface area contributed by atoms with Crippen LogP contribution in [-0.2, 0) is 4.79 Å². The molecule has 0 aromatic carbocycles. The third kappa shape index (κ3) is 2.78. The van der Waals surface area contributed by atoms with Crippen molar-refractivity contribution in [2.24, 2.45) is 0 Å². The fraction of sp³-hybridized carbons (Fsp3) is 0. The Morgan fingerprint density at radius 3 is 2.78 bits per heavy atom. The molecule has 2 nitrogen and oxygen atoms in total. The molecule has 5 heteroatoms. The molecule has 0 atom stereocenters. The fourth-order valence-corrected chi connectivity index (χ4v) is 20.9. The number of carbonyl (C=O) groups is 1. The van der Waals surface area contributed by atoms with Crippen molar-refractivity contribution in [1.29, 1.82) is 0 Å². The number of hydrogen-bond acceptors (Lipinski definition) is 1. The lowest BCUT2D eigenvalue weighted by Crippen LogP contribution is -2.10. The van der Waals surface area contributed by atoms with Gasteiger partial charge in [0, 0.05) is 2.02 Å². The molecule has 0 aliphatic carbocycles. The van der Waals surface area contributed by atoms with Crippen LogP contribution in [0.15, 0.2) is 0 Å². The first-order valence-corrected chi connectivity index (χ1v) is 13.1. The summed E-state index contributed by atoms with van der Waals surface area (Å²) in [5, 5.41) is 8.52. The van der Waals surface area contributed by atoms with E-state index in [-0.39, 0.29) is 54.2 Å². The molecule has 0 spiro atoms. The Morgan fingerprint density at radius 1 is 1.67 bits per heavy atom. The SMILES string of the molecule is O=C(O)C1=II=CI=C1. The van der Waals surface area contributed by atoms with Gasteiger partial charge in [0.15, 0.2) is 0 Å². The molecule has 0 unspecified atom stereocenters. The van der Waals surface area contributed by atoms with Gasteiger partial charge in [0.2, 0.25) is 0 Å². The molecule has 0 aromatic heterocycles. The molecule has 9 heavy (non-hydrogen) atoms. The molecule has 1 heterocycles. The van der Waals surface area contributed by atoms with E-state index in [2.05, 4.69) is 2.02 Å². The Labute approximate surface area is 78.3 Å². The molecule has 0 bridgehead atoms. The van der Waals surface area contributed by atoms with Crippen molar-refractivity contribution in [3.63, 3.8) is 0 Å². The van der Waals surface area contributed by atoms with E-state index < -0.39 is 5.97 Å². The summed E-state index contributed by atoms with van der Waals surface area (Å²) in [5.41, 5.74) is 0. The van der Waals surface area contributed by atoms with E-state index in [9.17, 15) is 4.79 Å². The summed E-state index contributed by atoms with van der Waals surface area (Å²) in [6.45, 7) is 0. The van der Waals surface area contributed by atoms with Crippen molar-refractivity contribution in [1.82, 2.24) is 0 Å². The highest BCUT2D eigenvalue weighted by molar-refractivity contribution is 15.1. The molecule has 52 valence electrons. The van der Waals surface area contributed by atoms with Crippen LogP contribution >= 0.6 is 54.2 Å².